The molecule has 1 heterocycles. The van der Waals surface area contributed by atoms with Crippen LogP contribution >= 0.6 is 15.9 Å². The zero-order valence-corrected chi connectivity index (χ0v) is 12.9. The van der Waals surface area contributed by atoms with Crippen LogP contribution in [-0.2, 0) is 0 Å². The smallest absolute Gasteiger partial charge is 0.129 e. The van der Waals surface area contributed by atoms with Crippen LogP contribution in [-0.4, -0.2) is 49.1 Å². The molecule has 2 rings (SSSR count). The van der Waals surface area contributed by atoms with E-state index in [0.717, 1.165) is 37.2 Å². The minimum atomic E-state index is -0.178. The van der Waals surface area contributed by atoms with Gasteiger partial charge in [-0.1, -0.05) is 28.9 Å². The van der Waals surface area contributed by atoms with E-state index in [1.807, 2.05) is 12.1 Å². The molecule has 0 bridgehead atoms. The molecule has 5 heteroatoms. The van der Waals surface area contributed by atoms with Crippen LogP contribution < -0.4 is 5.73 Å². The van der Waals surface area contributed by atoms with Gasteiger partial charge < -0.3 is 10.6 Å². The monoisotopic (exact) mass is 329 g/mol. The summed E-state index contributed by atoms with van der Waals surface area (Å²) in [6, 6.07) is 5.21. The Hall–Kier alpha value is -0.490. The Kier molecular flexibility index (Phi) is 5.33. The molecule has 2 N–H and O–H groups in total. The molecule has 1 aromatic rings. The van der Waals surface area contributed by atoms with E-state index in [0.29, 0.717) is 12.1 Å². The Morgan fingerprint density at radius 3 is 2.53 bits per heavy atom. The molecular formula is C14H21BrFN3. The number of nitrogens with two attached hydrogens (primary N) is 1. The van der Waals surface area contributed by atoms with Crippen LogP contribution in [0.4, 0.5) is 4.39 Å². The molecular weight excluding hydrogens is 309 g/mol. The minimum absolute atomic E-state index is 0.0212. The van der Waals surface area contributed by atoms with E-state index in [1.165, 1.54) is 6.07 Å². The molecule has 0 spiro atoms. The van der Waals surface area contributed by atoms with Crippen LogP contribution in [0.5, 0.6) is 0 Å². The number of likely N-dealkylation sites (N-methyl/N-ethyl adjacent to an activating group) is 1. The molecule has 3 nitrogen and oxygen atoms in total. The Balaban J connectivity index is 2.12. The maximum atomic E-state index is 14.1. The predicted octanol–water partition coefficient (Wildman–Crippen LogP) is 2.23. The highest BCUT2D eigenvalue weighted by atomic mass is 79.9. The fraction of sp³-hybridized carbons (Fsp3) is 0.571. The van der Waals surface area contributed by atoms with E-state index >= 15 is 0 Å². The summed E-state index contributed by atoms with van der Waals surface area (Å²) in [5, 5.41) is 0. The molecule has 0 radical (unpaired) electrons. The van der Waals surface area contributed by atoms with Gasteiger partial charge in [0.15, 0.2) is 0 Å². The summed E-state index contributed by atoms with van der Waals surface area (Å²) in [4.78, 5) is 4.69. The number of benzene rings is 1. The van der Waals surface area contributed by atoms with Crippen molar-refractivity contribution < 1.29 is 4.39 Å². The predicted molar refractivity (Wildman–Crippen MR) is 79.6 cm³/mol. The van der Waals surface area contributed by atoms with Gasteiger partial charge >= 0.3 is 0 Å². The van der Waals surface area contributed by atoms with Gasteiger partial charge in [-0.05, 0) is 18.7 Å². The number of rotatable bonds is 4. The molecule has 0 aliphatic carbocycles. The molecule has 1 saturated heterocycles. The van der Waals surface area contributed by atoms with Crippen molar-refractivity contribution in [2.45, 2.75) is 13.0 Å². The SMILES string of the molecule is CCN1CCN(C(CN)c2ccc(Br)cc2F)CC1. The molecule has 1 aliphatic rings. The van der Waals surface area contributed by atoms with Gasteiger partial charge in [-0.15, -0.1) is 0 Å². The summed E-state index contributed by atoms with van der Waals surface area (Å²) in [5.74, 6) is -0.178. The number of hydrogen-bond donors (Lipinski definition) is 1. The van der Waals surface area contributed by atoms with Crippen LogP contribution in [0.15, 0.2) is 22.7 Å². The van der Waals surface area contributed by atoms with E-state index in [2.05, 4.69) is 32.7 Å². The van der Waals surface area contributed by atoms with Crippen LogP contribution in [0, 0.1) is 5.82 Å². The Morgan fingerprint density at radius 1 is 1.32 bits per heavy atom. The van der Waals surface area contributed by atoms with Crippen LogP contribution in [0.25, 0.3) is 0 Å². The number of piperazine rings is 1. The molecule has 0 amide bonds. The lowest BCUT2D eigenvalue weighted by atomic mass is 10.0. The van der Waals surface area contributed by atoms with Crippen LogP contribution in [0.3, 0.4) is 0 Å². The van der Waals surface area contributed by atoms with Gasteiger partial charge in [-0.2, -0.15) is 0 Å². The number of nitrogens with zero attached hydrogens (tertiary/aromatic N) is 2. The van der Waals surface area contributed by atoms with Gasteiger partial charge in [0.05, 0.1) is 6.04 Å². The minimum Gasteiger partial charge on any atom is -0.329 e. The van der Waals surface area contributed by atoms with Crippen molar-refractivity contribution in [1.82, 2.24) is 9.80 Å². The first-order chi connectivity index (χ1) is 9.15. The second-order valence-electron chi connectivity index (χ2n) is 4.89. The zero-order valence-electron chi connectivity index (χ0n) is 11.3. The highest BCUT2D eigenvalue weighted by Gasteiger charge is 2.25. The Bertz CT molecular complexity index is 419. The third-order valence-corrected chi connectivity index (χ3v) is 4.33. The summed E-state index contributed by atoms with van der Waals surface area (Å²) in [6.07, 6.45) is 0. The second-order valence-corrected chi connectivity index (χ2v) is 5.80. The fourth-order valence-electron chi connectivity index (χ4n) is 2.64. The average molecular weight is 330 g/mol. The summed E-state index contributed by atoms with van der Waals surface area (Å²) in [7, 11) is 0. The van der Waals surface area contributed by atoms with Crippen LogP contribution in [0.2, 0.25) is 0 Å². The van der Waals surface area contributed by atoms with Crippen molar-refractivity contribution in [1.29, 1.82) is 0 Å². The number of halogens is 2. The van der Waals surface area contributed by atoms with Gasteiger partial charge in [0.2, 0.25) is 0 Å². The first-order valence-electron chi connectivity index (χ1n) is 6.77. The van der Waals surface area contributed by atoms with Gasteiger partial charge in [0.25, 0.3) is 0 Å². The maximum absolute atomic E-state index is 14.1. The molecule has 1 atom stereocenters. The largest absolute Gasteiger partial charge is 0.329 e. The van der Waals surface area contributed by atoms with Crippen molar-refractivity contribution in [3.8, 4) is 0 Å². The molecule has 106 valence electrons. The van der Waals surface area contributed by atoms with Crippen molar-refractivity contribution in [3.63, 3.8) is 0 Å². The third-order valence-electron chi connectivity index (χ3n) is 3.84. The zero-order chi connectivity index (χ0) is 13.8. The average Bonchev–Trinajstić information content (AvgIpc) is 2.42. The first kappa shape index (κ1) is 14.9. The molecule has 0 aromatic heterocycles. The van der Waals surface area contributed by atoms with E-state index in [9.17, 15) is 4.39 Å². The lowest BCUT2D eigenvalue weighted by Gasteiger charge is -2.38. The Morgan fingerprint density at radius 2 is 2.00 bits per heavy atom. The third kappa shape index (κ3) is 3.54. The van der Waals surface area contributed by atoms with E-state index in [1.54, 1.807) is 0 Å². The van der Waals surface area contributed by atoms with Crippen molar-refractivity contribution in [3.05, 3.63) is 34.1 Å². The van der Waals surface area contributed by atoms with Gasteiger partial charge in [-0.3, -0.25) is 4.90 Å². The Labute approximate surface area is 122 Å². The standard InChI is InChI=1S/C14H21BrFN3/c1-2-18-5-7-19(8-6-18)14(10-17)12-4-3-11(15)9-13(12)16/h3-4,9,14H,2,5-8,10,17H2,1H3. The van der Waals surface area contributed by atoms with Gasteiger partial charge in [0, 0.05) is 42.8 Å². The molecule has 1 fully saturated rings. The molecule has 0 saturated carbocycles. The highest BCUT2D eigenvalue weighted by Crippen LogP contribution is 2.26. The molecule has 19 heavy (non-hydrogen) atoms. The maximum Gasteiger partial charge on any atom is 0.129 e. The summed E-state index contributed by atoms with van der Waals surface area (Å²) in [6.45, 7) is 7.66. The number of hydrogen-bond acceptors (Lipinski definition) is 3. The molecule has 1 aliphatic heterocycles. The lowest BCUT2D eigenvalue weighted by molar-refractivity contribution is 0.100. The van der Waals surface area contributed by atoms with Crippen molar-refractivity contribution in [2.75, 3.05) is 39.3 Å². The van der Waals surface area contributed by atoms with Crippen LogP contribution in [0.1, 0.15) is 18.5 Å². The van der Waals surface area contributed by atoms with E-state index in [4.69, 9.17) is 5.73 Å². The lowest BCUT2D eigenvalue weighted by Crippen LogP contribution is -2.48. The topological polar surface area (TPSA) is 32.5 Å². The van der Waals surface area contributed by atoms with E-state index in [-0.39, 0.29) is 11.9 Å². The molecule has 1 aromatic carbocycles. The normalized spacial score (nSPS) is 19.6. The summed E-state index contributed by atoms with van der Waals surface area (Å²) < 4.78 is 14.8. The fourth-order valence-corrected chi connectivity index (χ4v) is 2.97. The summed E-state index contributed by atoms with van der Waals surface area (Å²) >= 11 is 3.29. The first-order valence-corrected chi connectivity index (χ1v) is 7.56. The van der Waals surface area contributed by atoms with Crippen molar-refractivity contribution in [2.24, 2.45) is 5.73 Å². The summed E-state index contributed by atoms with van der Waals surface area (Å²) in [5.41, 5.74) is 6.58. The second kappa shape index (κ2) is 6.79. The van der Waals surface area contributed by atoms with Crippen molar-refractivity contribution >= 4 is 15.9 Å². The quantitative estimate of drug-likeness (QED) is 0.919. The van der Waals surface area contributed by atoms with Gasteiger partial charge in [-0.25, -0.2) is 4.39 Å². The van der Waals surface area contributed by atoms with Gasteiger partial charge in [0.1, 0.15) is 5.82 Å². The van der Waals surface area contributed by atoms with E-state index < -0.39 is 0 Å². The molecule has 1 unspecified atom stereocenters. The highest BCUT2D eigenvalue weighted by molar-refractivity contribution is 9.10.